The van der Waals surface area contributed by atoms with Crippen molar-refractivity contribution in [3.8, 4) is 11.5 Å². The number of carbonyl (C=O) groups is 1. The molecule has 0 aliphatic carbocycles. The Hall–Kier alpha value is -1.75. The van der Waals surface area contributed by atoms with Gasteiger partial charge in [0.1, 0.15) is 0 Å². The fourth-order valence-electron chi connectivity index (χ4n) is 2.97. The molecule has 0 aromatic heterocycles. The smallest absolute Gasteiger partial charge is 0.231 e. The zero-order valence-electron chi connectivity index (χ0n) is 12.5. The molecule has 3 atom stereocenters. The Morgan fingerprint density at radius 1 is 1.38 bits per heavy atom. The summed E-state index contributed by atoms with van der Waals surface area (Å²) in [4.78, 5) is 12.4. The second-order valence-electron chi connectivity index (χ2n) is 5.92. The topological polar surface area (TPSA) is 59.6 Å². The molecule has 0 spiro atoms. The van der Waals surface area contributed by atoms with Crippen molar-refractivity contribution in [2.75, 3.05) is 13.3 Å². The maximum Gasteiger partial charge on any atom is 0.231 e. The van der Waals surface area contributed by atoms with Crippen LogP contribution in [0.2, 0.25) is 0 Å². The second-order valence-corrected chi connectivity index (χ2v) is 5.92. The lowest BCUT2D eigenvalue weighted by Gasteiger charge is -2.28. The number of benzene rings is 1. The van der Waals surface area contributed by atoms with Crippen LogP contribution in [0.1, 0.15) is 38.3 Å². The number of amides is 1. The van der Waals surface area contributed by atoms with E-state index >= 15 is 0 Å². The Morgan fingerprint density at radius 2 is 2.19 bits per heavy atom. The first kappa shape index (κ1) is 14.2. The molecule has 2 N–H and O–H groups in total. The molecular weight excluding hydrogens is 268 g/mol. The first-order chi connectivity index (χ1) is 10.1. The van der Waals surface area contributed by atoms with Gasteiger partial charge in [-0.05, 0) is 50.9 Å². The maximum atomic E-state index is 12.4. The van der Waals surface area contributed by atoms with E-state index in [1.807, 2.05) is 25.1 Å². The third-order valence-corrected chi connectivity index (χ3v) is 4.25. The van der Waals surface area contributed by atoms with E-state index in [0.29, 0.717) is 6.04 Å². The zero-order valence-corrected chi connectivity index (χ0v) is 12.5. The molecule has 1 aromatic rings. The van der Waals surface area contributed by atoms with E-state index in [4.69, 9.17) is 9.47 Å². The summed E-state index contributed by atoms with van der Waals surface area (Å²) >= 11 is 0. The van der Waals surface area contributed by atoms with Gasteiger partial charge in [-0.3, -0.25) is 4.79 Å². The number of fused-ring (bicyclic) bond motifs is 1. The fraction of sp³-hybridized carbons (Fsp3) is 0.562. The van der Waals surface area contributed by atoms with Crippen LogP contribution in [-0.2, 0) is 4.79 Å². The highest BCUT2D eigenvalue weighted by Gasteiger charge is 2.26. The maximum absolute atomic E-state index is 12.4. The van der Waals surface area contributed by atoms with Crippen molar-refractivity contribution in [3.05, 3.63) is 23.8 Å². The van der Waals surface area contributed by atoms with Crippen molar-refractivity contribution >= 4 is 5.91 Å². The third kappa shape index (κ3) is 3.13. The molecule has 2 aliphatic heterocycles. The number of piperidine rings is 1. The SMILES string of the molecule is CC(NC(=O)[C@H]1CCN[C@@H](C)C1)c1ccc2c(c1)OCO2. The van der Waals surface area contributed by atoms with Crippen molar-refractivity contribution in [1.82, 2.24) is 10.6 Å². The van der Waals surface area contributed by atoms with Crippen molar-refractivity contribution in [2.24, 2.45) is 5.92 Å². The van der Waals surface area contributed by atoms with Gasteiger partial charge in [-0.25, -0.2) is 0 Å². The molecule has 0 saturated carbocycles. The van der Waals surface area contributed by atoms with Gasteiger partial charge in [-0.15, -0.1) is 0 Å². The minimum atomic E-state index is -0.0304. The van der Waals surface area contributed by atoms with Gasteiger partial charge in [0.2, 0.25) is 12.7 Å². The molecular formula is C16H22N2O3. The number of rotatable bonds is 3. The van der Waals surface area contributed by atoms with E-state index in [1.54, 1.807) is 0 Å². The Kier molecular flexibility index (Phi) is 4.01. The van der Waals surface area contributed by atoms with E-state index < -0.39 is 0 Å². The van der Waals surface area contributed by atoms with Gasteiger partial charge in [0.15, 0.2) is 11.5 Å². The summed E-state index contributed by atoms with van der Waals surface area (Å²) in [5, 5.41) is 6.48. The number of ether oxygens (including phenoxy) is 2. The van der Waals surface area contributed by atoms with Gasteiger partial charge in [-0.1, -0.05) is 6.07 Å². The molecule has 114 valence electrons. The van der Waals surface area contributed by atoms with Crippen molar-refractivity contribution in [2.45, 2.75) is 38.8 Å². The van der Waals surface area contributed by atoms with Crippen LogP contribution < -0.4 is 20.1 Å². The van der Waals surface area contributed by atoms with Crippen LogP contribution in [-0.4, -0.2) is 25.3 Å². The van der Waals surface area contributed by atoms with Crippen molar-refractivity contribution in [3.63, 3.8) is 0 Å². The van der Waals surface area contributed by atoms with E-state index in [0.717, 1.165) is 36.4 Å². The average molecular weight is 290 g/mol. The lowest BCUT2D eigenvalue weighted by molar-refractivity contribution is -0.126. The Labute approximate surface area is 125 Å². The molecule has 0 bridgehead atoms. The van der Waals surface area contributed by atoms with Crippen LogP contribution in [0.5, 0.6) is 11.5 Å². The number of hydrogen-bond acceptors (Lipinski definition) is 4. The molecule has 3 rings (SSSR count). The van der Waals surface area contributed by atoms with E-state index in [1.165, 1.54) is 0 Å². The van der Waals surface area contributed by atoms with E-state index in [9.17, 15) is 4.79 Å². The molecule has 0 radical (unpaired) electrons. The predicted molar refractivity (Wildman–Crippen MR) is 79.3 cm³/mol. The molecule has 2 heterocycles. The Bertz CT molecular complexity index is 532. The number of carbonyl (C=O) groups excluding carboxylic acids is 1. The number of nitrogens with one attached hydrogen (secondary N) is 2. The van der Waals surface area contributed by atoms with Gasteiger partial charge >= 0.3 is 0 Å². The molecule has 1 aromatic carbocycles. The van der Waals surface area contributed by atoms with Crippen LogP contribution in [0.25, 0.3) is 0 Å². The van der Waals surface area contributed by atoms with Gasteiger partial charge in [-0.2, -0.15) is 0 Å². The fourth-order valence-corrected chi connectivity index (χ4v) is 2.97. The minimum absolute atomic E-state index is 0.0304. The third-order valence-electron chi connectivity index (χ3n) is 4.25. The first-order valence-corrected chi connectivity index (χ1v) is 7.57. The molecule has 21 heavy (non-hydrogen) atoms. The zero-order chi connectivity index (χ0) is 14.8. The van der Waals surface area contributed by atoms with Crippen molar-refractivity contribution < 1.29 is 14.3 Å². The van der Waals surface area contributed by atoms with Gasteiger partial charge in [0, 0.05) is 12.0 Å². The molecule has 5 nitrogen and oxygen atoms in total. The van der Waals surface area contributed by atoms with Gasteiger partial charge in [0.05, 0.1) is 6.04 Å². The number of hydrogen-bond donors (Lipinski definition) is 2. The summed E-state index contributed by atoms with van der Waals surface area (Å²) in [6, 6.07) is 6.20. The highest BCUT2D eigenvalue weighted by Crippen LogP contribution is 2.34. The summed E-state index contributed by atoms with van der Waals surface area (Å²) in [5.41, 5.74) is 1.04. The standard InChI is InChI=1S/C16H22N2O3/c1-10-7-13(5-6-17-10)16(19)18-11(2)12-3-4-14-15(8-12)21-9-20-14/h3-4,8,10-11,13,17H,5-7,9H2,1-2H3,(H,18,19)/t10-,11?,13-/m0/s1. The summed E-state index contributed by atoms with van der Waals surface area (Å²) in [5.74, 6) is 1.78. The normalized spacial score (nSPS) is 25.4. The van der Waals surface area contributed by atoms with E-state index in [-0.39, 0.29) is 24.7 Å². The summed E-state index contributed by atoms with van der Waals surface area (Å²) in [6.07, 6.45) is 1.81. The van der Waals surface area contributed by atoms with Crippen LogP contribution in [0, 0.1) is 5.92 Å². The molecule has 1 unspecified atom stereocenters. The molecule has 5 heteroatoms. The van der Waals surface area contributed by atoms with Crippen LogP contribution in [0.15, 0.2) is 18.2 Å². The quantitative estimate of drug-likeness (QED) is 0.893. The van der Waals surface area contributed by atoms with Crippen molar-refractivity contribution in [1.29, 1.82) is 0 Å². The molecule has 1 saturated heterocycles. The molecule has 1 fully saturated rings. The van der Waals surface area contributed by atoms with Crippen LogP contribution in [0.4, 0.5) is 0 Å². The van der Waals surface area contributed by atoms with Crippen LogP contribution >= 0.6 is 0 Å². The average Bonchev–Trinajstić information content (AvgIpc) is 2.94. The summed E-state index contributed by atoms with van der Waals surface area (Å²) in [6.45, 7) is 5.31. The highest BCUT2D eigenvalue weighted by molar-refractivity contribution is 5.79. The predicted octanol–water partition coefficient (Wildman–Crippen LogP) is 1.98. The molecule has 1 amide bonds. The molecule has 2 aliphatic rings. The lowest BCUT2D eigenvalue weighted by Crippen LogP contribution is -2.42. The first-order valence-electron chi connectivity index (χ1n) is 7.57. The monoisotopic (exact) mass is 290 g/mol. The van der Waals surface area contributed by atoms with E-state index in [2.05, 4.69) is 17.6 Å². The Balaban J connectivity index is 1.63. The second kappa shape index (κ2) is 5.93. The Morgan fingerprint density at radius 3 is 3.00 bits per heavy atom. The lowest BCUT2D eigenvalue weighted by atomic mass is 9.92. The minimum Gasteiger partial charge on any atom is -0.454 e. The van der Waals surface area contributed by atoms with Gasteiger partial charge < -0.3 is 20.1 Å². The van der Waals surface area contributed by atoms with Crippen LogP contribution in [0.3, 0.4) is 0 Å². The summed E-state index contributed by atoms with van der Waals surface area (Å²) < 4.78 is 10.7. The highest BCUT2D eigenvalue weighted by atomic mass is 16.7. The summed E-state index contributed by atoms with van der Waals surface area (Å²) in [7, 11) is 0. The van der Waals surface area contributed by atoms with Gasteiger partial charge in [0.25, 0.3) is 0 Å². The largest absolute Gasteiger partial charge is 0.454 e.